The molecular formula is C18H18FN5OS. The minimum atomic E-state index is -0.335. The van der Waals surface area contributed by atoms with Crippen molar-refractivity contribution >= 4 is 17.7 Å². The maximum absolute atomic E-state index is 13.0. The van der Waals surface area contributed by atoms with Crippen molar-refractivity contribution in [1.82, 2.24) is 20.2 Å². The number of carbonyl (C=O) groups excluding carboxylic acids is 1. The first-order valence-corrected chi connectivity index (χ1v) is 9.02. The summed E-state index contributed by atoms with van der Waals surface area (Å²) in [5.74, 6) is 6.15. The highest BCUT2D eigenvalue weighted by Crippen LogP contribution is 2.21. The minimum Gasteiger partial charge on any atom is -0.355 e. The molecule has 0 aliphatic rings. The number of hydrogen-bond acceptors (Lipinski definition) is 5. The number of hydrogen-bond donors (Lipinski definition) is 2. The number of thioether (sulfide) groups is 1. The zero-order valence-electron chi connectivity index (χ0n) is 13.9. The van der Waals surface area contributed by atoms with E-state index in [0.29, 0.717) is 23.1 Å². The molecular weight excluding hydrogens is 353 g/mol. The monoisotopic (exact) mass is 371 g/mol. The van der Waals surface area contributed by atoms with E-state index in [1.54, 1.807) is 12.1 Å². The third-order valence-corrected chi connectivity index (χ3v) is 4.62. The molecule has 3 N–H and O–H groups in total. The van der Waals surface area contributed by atoms with Gasteiger partial charge in [0, 0.05) is 12.1 Å². The van der Waals surface area contributed by atoms with Gasteiger partial charge < -0.3 is 11.2 Å². The molecule has 3 aromatic rings. The summed E-state index contributed by atoms with van der Waals surface area (Å²) in [6.07, 6.45) is 0.777. The molecule has 0 atom stereocenters. The third kappa shape index (κ3) is 4.60. The Bertz CT molecular complexity index is 867. The molecule has 0 fully saturated rings. The van der Waals surface area contributed by atoms with Gasteiger partial charge in [0.2, 0.25) is 11.1 Å². The number of rotatable bonds is 7. The lowest BCUT2D eigenvalue weighted by molar-refractivity contribution is -0.118. The van der Waals surface area contributed by atoms with Crippen molar-refractivity contribution in [3.8, 4) is 11.4 Å². The fraction of sp³-hybridized carbons (Fsp3) is 0.167. The Hall–Kier alpha value is -2.87. The molecule has 0 saturated carbocycles. The van der Waals surface area contributed by atoms with Gasteiger partial charge in [-0.1, -0.05) is 42.1 Å². The summed E-state index contributed by atoms with van der Waals surface area (Å²) in [6, 6.07) is 15.8. The molecule has 0 radical (unpaired) electrons. The van der Waals surface area contributed by atoms with Gasteiger partial charge in [0.25, 0.3) is 0 Å². The Morgan fingerprint density at radius 2 is 1.85 bits per heavy atom. The lowest BCUT2D eigenvalue weighted by Gasteiger charge is -2.06. The molecule has 0 spiro atoms. The number of carbonyl (C=O) groups is 1. The number of benzene rings is 2. The lowest BCUT2D eigenvalue weighted by Crippen LogP contribution is -2.27. The predicted molar refractivity (Wildman–Crippen MR) is 99.4 cm³/mol. The molecule has 6 nitrogen and oxygen atoms in total. The van der Waals surface area contributed by atoms with Gasteiger partial charge in [-0.2, -0.15) is 0 Å². The highest BCUT2D eigenvalue weighted by Gasteiger charge is 2.13. The summed E-state index contributed by atoms with van der Waals surface area (Å²) in [5.41, 5.74) is 1.83. The van der Waals surface area contributed by atoms with Crippen LogP contribution < -0.4 is 11.2 Å². The normalized spacial score (nSPS) is 10.7. The van der Waals surface area contributed by atoms with E-state index < -0.39 is 0 Å². The molecule has 0 bridgehead atoms. The van der Waals surface area contributed by atoms with Gasteiger partial charge in [-0.3, -0.25) is 4.79 Å². The molecule has 3 rings (SSSR count). The van der Waals surface area contributed by atoms with Gasteiger partial charge in [0.1, 0.15) is 5.82 Å². The zero-order chi connectivity index (χ0) is 18.4. The van der Waals surface area contributed by atoms with Gasteiger partial charge >= 0.3 is 0 Å². The standard InChI is InChI=1S/C18H18FN5OS/c19-15-8-6-14(7-9-15)17-22-23-18(24(17)20)26-12-16(25)21-11-10-13-4-2-1-3-5-13/h1-9H,10-12,20H2,(H,21,25). The third-order valence-electron chi connectivity index (χ3n) is 3.68. The van der Waals surface area contributed by atoms with Crippen LogP contribution in [0.4, 0.5) is 4.39 Å². The van der Waals surface area contributed by atoms with Crippen LogP contribution in [-0.4, -0.2) is 33.1 Å². The Balaban J connectivity index is 1.50. The number of halogens is 1. The van der Waals surface area contributed by atoms with Crippen LogP contribution in [0.3, 0.4) is 0 Å². The van der Waals surface area contributed by atoms with E-state index in [0.717, 1.165) is 6.42 Å². The van der Waals surface area contributed by atoms with Crippen molar-refractivity contribution in [2.45, 2.75) is 11.6 Å². The summed E-state index contributed by atoms with van der Waals surface area (Å²) < 4.78 is 14.3. The van der Waals surface area contributed by atoms with E-state index in [1.807, 2.05) is 30.3 Å². The fourth-order valence-electron chi connectivity index (χ4n) is 2.34. The smallest absolute Gasteiger partial charge is 0.230 e. The molecule has 0 saturated heterocycles. The predicted octanol–water partition coefficient (Wildman–Crippen LogP) is 2.25. The van der Waals surface area contributed by atoms with E-state index in [1.165, 1.54) is 34.1 Å². The lowest BCUT2D eigenvalue weighted by atomic mass is 10.1. The second-order valence-corrected chi connectivity index (χ2v) is 6.50. The number of nitrogens with one attached hydrogen (secondary N) is 1. The van der Waals surface area contributed by atoms with Crippen LogP contribution in [0.2, 0.25) is 0 Å². The Labute approximate surface area is 154 Å². The fourth-order valence-corrected chi connectivity index (χ4v) is 3.03. The van der Waals surface area contributed by atoms with Crippen LogP contribution >= 0.6 is 11.8 Å². The van der Waals surface area contributed by atoms with Crippen molar-refractivity contribution in [2.24, 2.45) is 0 Å². The van der Waals surface area contributed by atoms with Crippen LogP contribution in [0.15, 0.2) is 59.8 Å². The van der Waals surface area contributed by atoms with Gasteiger partial charge in [-0.15, -0.1) is 10.2 Å². The van der Waals surface area contributed by atoms with E-state index >= 15 is 0 Å². The Kier molecular flexibility index (Phi) is 5.85. The van der Waals surface area contributed by atoms with Crippen molar-refractivity contribution < 1.29 is 9.18 Å². The van der Waals surface area contributed by atoms with Crippen LogP contribution in [0.1, 0.15) is 5.56 Å². The summed E-state index contributed by atoms with van der Waals surface area (Å²) in [4.78, 5) is 12.0. The van der Waals surface area contributed by atoms with Crippen LogP contribution in [0.5, 0.6) is 0 Å². The second kappa shape index (κ2) is 8.48. The second-order valence-electron chi connectivity index (χ2n) is 5.56. The number of amides is 1. The van der Waals surface area contributed by atoms with Gasteiger partial charge in [0.05, 0.1) is 5.75 Å². The largest absolute Gasteiger partial charge is 0.355 e. The Morgan fingerprint density at radius 3 is 2.58 bits per heavy atom. The Morgan fingerprint density at radius 1 is 1.12 bits per heavy atom. The molecule has 1 amide bonds. The van der Waals surface area contributed by atoms with E-state index in [9.17, 15) is 9.18 Å². The highest BCUT2D eigenvalue weighted by atomic mass is 32.2. The van der Waals surface area contributed by atoms with Crippen molar-refractivity contribution in [3.05, 3.63) is 66.0 Å². The minimum absolute atomic E-state index is 0.0998. The molecule has 0 unspecified atom stereocenters. The molecule has 0 aliphatic heterocycles. The SMILES string of the molecule is Nn1c(SCC(=O)NCCc2ccccc2)nnc1-c1ccc(F)cc1. The van der Waals surface area contributed by atoms with Crippen LogP contribution in [0.25, 0.3) is 11.4 Å². The van der Waals surface area contributed by atoms with Crippen LogP contribution in [0, 0.1) is 5.82 Å². The quantitative estimate of drug-likeness (QED) is 0.491. The number of aromatic nitrogens is 3. The summed E-state index contributed by atoms with van der Waals surface area (Å²) in [6.45, 7) is 0.569. The zero-order valence-corrected chi connectivity index (χ0v) is 14.7. The van der Waals surface area contributed by atoms with Gasteiger partial charge in [-0.25, -0.2) is 9.07 Å². The first-order chi connectivity index (χ1) is 12.6. The summed E-state index contributed by atoms with van der Waals surface area (Å²) in [7, 11) is 0. The molecule has 2 aromatic carbocycles. The van der Waals surface area contributed by atoms with Crippen molar-refractivity contribution in [3.63, 3.8) is 0 Å². The number of nitrogens with two attached hydrogens (primary N) is 1. The van der Waals surface area contributed by atoms with Crippen LogP contribution in [-0.2, 0) is 11.2 Å². The molecule has 1 heterocycles. The van der Waals surface area contributed by atoms with Gasteiger partial charge in [-0.05, 0) is 36.2 Å². The van der Waals surface area contributed by atoms with Crippen molar-refractivity contribution in [1.29, 1.82) is 0 Å². The topological polar surface area (TPSA) is 85.8 Å². The maximum Gasteiger partial charge on any atom is 0.230 e. The highest BCUT2D eigenvalue weighted by molar-refractivity contribution is 7.99. The molecule has 8 heteroatoms. The molecule has 0 aliphatic carbocycles. The average Bonchev–Trinajstić information content (AvgIpc) is 3.02. The van der Waals surface area contributed by atoms with E-state index in [4.69, 9.17) is 5.84 Å². The van der Waals surface area contributed by atoms with E-state index in [-0.39, 0.29) is 17.5 Å². The molecule has 1 aromatic heterocycles. The van der Waals surface area contributed by atoms with Crippen molar-refractivity contribution in [2.75, 3.05) is 18.1 Å². The number of nitrogens with zero attached hydrogens (tertiary/aromatic N) is 3. The average molecular weight is 371 g/mol. The first-order valence-electron chi connectivity index (χ1n) is 8.03. The summed E-state index contributed by atoms with van der Waals surface area (Å²) >= 11 is 1.20. The molecule has 26 heavy (non-hydrogen) atoms. The first kappa shape index (κ1) is 17.9. The van der Waals surface area contributed by atoms with Gasteiger partial charge in [0.15, 0.2) is 5.82 Å². The maximum atomic E-state index is 13.0. The number of nitrogen functional groups attached to an aromatic ring is 1. The van der Waals surface area contributed by atoms with E-state index in [2.05, 4.69) is 15.5 Å². The molecule has 134 valence electrons. The summed E-state index contributed by atoms with van der Waals surface area (Å²) in [5, 5.41) is 11.3.